The zero-order valence-corrected chi connectivity index (χ0v) is 29.6. The van der Waals surface area contributed by atoms with Gasteiger partial charge in [0.2, 0.25) is 0 Å². The van der Waals surface area contributed by atoms with Gasteiger partial charge in [0.1, 0.15) is 0 Å². The molecule has 0 aliphatic rings. The van der Waals surface area contributed by atoms with Gasteiger partial charge >= 0.3 is 0 Å². The highest BCUT2D eigenvalue weighted by molar-refractivity contribution is 5.95. The summed E-state index contributed by atoms with van der Waals surface area (Å²) in [5, 5.41) is 0. The van der Waals surface area contributed by atoms with Crippen molar-refractivity contribution >= 4 is 45.2 Å². The first-order valence-corrected chi connectivity index (χ1v) is 18.2. The summed E-state index contributed by atoms with van der Waals surface area (Å²) in [5.41, 5.74) is 14.1. The van der Waals surface area contributed by atoms with Crippen LogP contribution in [0.1, 0.15) is 0 Å². The first-order chi connectivity index (χ1) is 26.8. The van der Waals surface area contributed by atoms with E-state index in [0.717, 1.165) is 78.8 Å². The Morgan fingerprint density at radius 2 is 0.611 bits per heavy atom. The molecule has 0 bridgehead atoms. The van der Waals surface area contributed by atoms with Gasteiger partial charge in [-0.1, -0.05) is 140 Å². The lowest BCUT2D eigenvalue weighted by atomic mass is 10.0. The van der Waals surface area contributed by atoms with Crippen molar-refractivity contribution in [3.8, 4) is 33.6 Å². The SMILES string of the molecule is c1ccc(-c2nc3cccc(-c4ccccc4)c3nc2-c2ccc(N(c3ccccc3)c3ccc(N(c4ccccc4)c4ccccc4)cc3)cc2)cc1. The molecule has 0 spiro atoms. The molecule has 8 aromatic carbocycles. The van der Waals surface area contributed by atoms with Crippen molar-refractivity contribution in [2.45, 2.75) is 0 Å². The van der Waals surface area contributed by atoms with Crippen molar-refractivity contribution < 1.29 is 0 Å². The predicted molar refractivity (Wildman–Crippen MR) is 225 cm³/mol. The fourth-order valence-electron chi connectivity index (χ4n) is 7.07. The zero-order valence-electron chi connectivity index (χ0n) is 29.6. The monoisotopic (exact) mass is 692 g/mol. The summed E-state index contributed by atoms with van der Waals surface area (Å²) in [4.78, 5) is 15.2. The van der Waals surface area contributed by atoms with E-state index in [4.69, 9.17) is 9.97 Å². The van der Waals surface area contributed by atoms with Gasteiger partial charge in [-0.05, 0) is 84.4 Å². The van der Waals surface area contributed by atoms with E-state index in [-0.39, 0.29) is 0 Å². The molecule has 0 N–H and O–H groups in total. The normalized spacial score (nSPS) is 11.0. The third-order valence-corrected chi connectivity index (χ3v) is 9.64. The maximum absolute atomic E-state index is 5.38. The molecule has 0 aliphatic heterocycles. The molecule has 256 valence electrons. The van der Waals surface area contributed by atoms with E-state index >= 15 is 0 Å². The van der Waals surface area contributed by atoms with Gasteiger partial charge < -0.3 is 9.80 Å². The molecule has 1 aromatic heterocycles. The lowest BCUT2D eigenvalue weighted by Crippen LogP contribution is -2.12. The number of rotatable bonds is 9. The number of hydrogen-bond donors (Lipinski definition) is 0. The van der Waals surface area contributed by atoms with Gasteiger partial charge in [0.25, 0.3) is 0 Å². The Hall–Kier alpha value is -7.30. The van der Waals surface area contributed by atoms with E-state index < -0.39 is 0 Å². The van der Waals surface area contributed by atoms with Crippen molar-refractivity contribution in [3.63, 3.8) is 0 Å². The van der Waals surface area contributed by atoms with Crippen LogP contribution in [0, 0.1) is 0 Å². The van der Waals surface area contributed by atoms with Gasteiger partial charge in [0.05, 0.1) is 22.4 Å². The molecule has 0 saturated heterocycles. The largest absolute Gasteiger partial charge is 0.311 e. The standard InChI is InChI=1S/C50H36N4/c1-6-17-37(18-7-1)46-27-16-28-47-50(46)52-49(48(51-47)38-19-8-2-9-20-38)39-29-31-43(32-30-39)54(42-25-14-5-15-26-42)45-35-33-44(34-36-45)53(40-21-10-3-11-22-40)41-23-12-4-13-24-41/h1-36H. The summed E-state index contributed by atoms with van der Waals surface area (Å²) in [6.07, 6.45) is 0. The second-order valence-corrected chi connectivity index (χ2v) is 13.1. The lowest BCUT2D eigenvalue weighted by Gasteiger charge is -2.28. The molecular formula is C50H36N4. The molecule has 4 nitrogen and oxygen atoms in total. The average Bonchev–Trinajstić information content (AvgIpc) is 3.26. The lowest BCUT2D eigenvalue weighted by molar-refractivity contribution is 1.25. The molecule has 9 rings (SSSR count). The van der Waals surface area contributed by atoms with Gasteiger partial charge in [-0.2, -0.15) is 0 Å². The number of para-hydroxylation sites is 4. The molecule has 0 unspecified atom stereocenters. The summed E-state index contributed by atoms with van der Waals surface area (Å²) in [5.74, 6) is 0. The second kappa shape index (κ2) is 14.7. The zero-order chi connectivity index (χ0) is 36.1. The van der Waals surface area contributed by atoms with Gasteiger partial charge in [-0.15, -0.1) is 0 Å². The van der Waals surface area contributed by atoms with E-state index in [1.165, 1.54) is 0 Å². The highest BCUT2D eigenvalue weighted by Crippen LogP contribution is 2.40. The van der Waals surface area contributed by atoms with E-state index in [2.05, 4.69) is 216 Å². The third kappa shape index (κ3) is 6.49. The molecule has 0 fully saturated rings. The Balaban J connectivity index is 1.13. The van der Waals surface area contributed by atoms with Gasteiger partial charge in [-0.3, -0.25) is 0 Å². The average molecular weight is 693 g/mol. The number of anilines is 6. The smallest absolute Gasteiger partial charge is 0.0973 e. The van der Waals surface area contributed by atoms with E-state index in [0.29, 0.717) is 0 Å². The van der Waals surface area contributed by atoms with Crippen LogP contribution in [0.15, 0.2) is 218 Å². The number of aromatic nitrogens is 2. The summed E-state index contributed by atoms with van der Waals surface area (Å²) in [6, 6.07) is 76.0. The van der Waals surface area contributed by atoms with Crippen molar-refractivity contribution in [3.05, 3.63) is 218 Å². The Kier molecular flexibility index (Phi) is 8.90. The molecule has 0 aliphatic carbocycles. The Morgan fingerprint density at radius 1 is 0.259 bits per heavy atom. The molecular weight excluding hydrogens is 657 g/mol. The molecule has 0 saturated carbocycles. The van der Waals surface area contributed by atoms with Crippen LogP contribution >= 0.6 is 0 Å². The van der Waals surface area contributed by atoms with Crippen LogP contribution in [-0.4, -0.2) is 9.97 Å². The topological polar surface area (TPSA) is 32.3 Å². The van der Waals surface area contributed by atoms with Crippen molar-refractivity contribution in [2.24, 2.45) is 0 Å². The van der Waals surface area contributed by atoms with Crippen LogP contribution < -0.4 is 9.80 Å². The van der Waals surface area contributed by atoms with Crippen molar-refractivity contribution in [1.82, 2.24) is 9.97 Å². The first kappa shape index (κ1) is 32.6. The Bertz CT molecular complexity index is 2570. The van der Waals surface area contributed by atoms with Crippen LogP contribution in [0.5, 0.6) is 0 Å². The fraction of sp³-hybridized carbons (Fsp3) is 0. The third-order valence-electron chi connectivity index (χ3n) is 9.64. The molecule has 0 radical (unpaired) electrons. The highest BCUT2D eigenvalue weighted by atomic mass is 15.2. The molecule has 1 heterocycles. The van der Waals surface area contributed by atoms with Crippen LogP contribution in [0.4, 0.5) is 34.1 Å². The van der Waals surface area contributed by atoms with Gasteiger partial charge in [0, 0.05) is 50.8 Å². The highest BCUT2D eigenvalue weighted by Gasteiger charge is 2.19. The summed E-state index contributed by atoms with van der Waals surface area (Å²) >= 11 is 0. The first-order valence-electron chi connectivity index (χ1n) is 18.2. The number of hydrogen-bond acceptors (Lipinski definition) is 4. The van der Waals surface area contributed by atoms with E-state index in [1.807, 2.05) is 12.1 Å². The van der Waals surface area contributed by atoms with E-state index in [9.17, 15) is 0 Å². The maximum atomic E-state index is 5.38. The minimum absolute atomic E-state index is 0.848. The molecule has 9 aromatic rings. The molecule has 4 heteroatoms. The van der Waals surface area contributed by atoms with Crippen molar-refractivity contribution in [1.29, 1.82) is 0 Å². The van der Waals surface area contributed by atoms with Crippen molar-refractivity contribution in [2.75, 3.05) is 9.80 Å². The summed E-state index contributed by atoms with van der Waals surface area (Å²) < 4.78 is 0. The fourth-order valence-corrected chi connectivity index (χ4v) is 7.07. The molecule has 54 heavy (non-hydrogen) atoms. The van der Waals surface area contributed by atoms with Gasteiger partial charge in [-0.25, -0.2) is 9.97 Å². The van der Waals surface area contributed by atoms with Gasteiger partial charge in [0.15, 0.2) is 0 Å². The van der Waals surface area contributed by atoms with Crippen LogP contribution in [0.25, 0.3) is 44.7 Å². The minimum atomic E-state index is 0.848. The maximum Gasteiger partial charge on any atom is 0.0973 e. The summed E-state index contributed by atoms with van der Waals surface area (Å²) in [6.45, 7) is 0. The van der Waals surface area contributed by atoms with E-state index in [1.54, 1.807) is 0 Å². The number of nitrogens with zero attached hydrogens (tertiary/aromatic N) is 4. The minimum Gasteiger partial charge on any atom is -0.311 e. The second-order valence-electron chi connectivity index (χ2n) is 13.1. The summed E-state index contributed by atoms with van der Waals surface area (Å²) in [7, 11) is 0. The predicted octanol–water partition coefficient (Wildman–Crippen LogP) is 13.6. The Labute approximate surface area is 315 Å². The van der Waals surface area contributed by atoms with Crippen LogP contribution in [0.3, 0.4) is 0 Å². The Morgan fingerprint density at radius 3 is 1.07 bits per heavy atom. The molecule has 0 atom stereocenters. The van der Waals surface area contributed by atoms with Crippen LogP contribution in [-0.2, 0) is 0 Å². The number of benzene rings is 8. The number of fused-ring (bicyclic) bond motifs is 1. The quantitative estimate of drug-likeness (QED) is 0.151. The molecule has 0 amide bonds. The van der Waals surface area contributed by atoms with Crippen LogP contribution in [0.2, 0.25) is 0 Å².